The van der Waals surface area contributed by atoms with E-state index in [9.17, 15) is 13.2 Å². The molecule has 12 nitrogen and oxygen atoms in total. The molecule has 0 bridgehead atoms. The number of nitrogens with zero attached hydrogens (tertiary/aromatic N) is 4. The molecule has 5 rings (SSSR count). The van der Waals surface area contributed by atoms with E-state index in [1.165, 1.54) is 19.5 Å². The molecule has 0 spiro atoms. The lowest BCUT2D eigenvalue weighted by atomic mass is 9.87. The molecular weight excluding hydrogens is 669 g/mol. The largest absolute Gasteiger partial charge is 0.493 e. The van der Waals surface area contributed by atoms with Gasteiger partial charge in [0.2, 0.25) is 17.5 Å². The molecule has 0 radical (unpaired) electrons. The van der Waals surface area contributed by atoms with E-state index in [0.717, 1.165) is 17.5 Å². The van der Waals surface area contributed by atoms with Crippen LogP contribution in [0.1, 0.15) is 51.2 Å². The fraction of sp³-hybridized carbons (Fsp3) is 0.289. The monoisotopic (exact) mass is 710 g/mol. The van der Waals surface area contributed by atoms with Crippen molar-refractivity contribution < 1.29 is 27.4 Å². The number of rotatable bonds is 16. The number of para-hydroxylation sites is 2. The first kappa shape index (κ1) is 36.7. The molecule has 2 heterocycles. The molecule has 0 saturated heterocycles. The highest BCUT2D eigenvalue weighted by atomic mass is 32.2. The molecule has 2 aromatic heterocycles. The maximum atomic E-state index is 13.8. The maximum Gasteiger partial charge on any atom is 0.263 e. The number of amides is 1. The van der Waals surface area contributed by atoms with E-state index in [-0.39, 0.29) is 57.7 Å². The first-order chi connectivity index (χ1) is 24.5. The van der Waals surface area contributed by atoms with E-state index in [0.29, 0.717) is 31.6 Å². The third-order valence-electron chi connectivity index (χ3n) is 7.76. The Morgan fingerprint density at radius 1 is 0.804 bits per heavy atom. The van der Waals surface area contributed by atoms with E-state index >= 15 is 0 Å². The van der Waals surface area contributed by atoms with Crippen molar-refractivity contribution >= 4 is 21.7 Å². The van der Waals surface area contributed by atoms with Gasteiger partial charge in [0.25, 0.3) is 15.9 Å². The number of benzene rings is 3. The van der Waals surface area contributed by atoms with Gasteiger partial charge in [-0.3, -0.25) is 9.52 Å². The summed E-state index contributed by atoms with van der Waals surface area (Å²) in [6, 6.07) is 25.1. The van der Waals surface area contributed by atoms with Crippen LogP contribution in [0.3, 0.4) is 0 Å². The van der Waals surface area contributed by atoms with Crippen LogP contribution in [0.4, 0.5) is 5.82 Å². The Balaban J connectivity index is 1.40. The van der Waals surface area contributed by atoms with Gasteiger partial charge < -0.3 is 19.5 Å². The van der Waals surface area contributed by atoms with E-state index in [1.54, 1.807) is 54.6 Å². The summed E-state index contributed by atoms with van der Waals surface area (Å²) >= 11 is 0. The number of carbonyl (C=O) groups is 1. The van der Waals surface area contributed by atoms with Gasteiger partial charge in [-0.05, 0) is 66.1 Å². The van der Waals surface area contributed by atoms with Crippen LogP contribution in [0.15, 0.2) is 102 Å². The second-order valence-electron chi connectivity index (χ2n) is 12.6. The molecule has 13 heteroatoms. The molecule has 0 fully saturated rings. The van der Waals surface area contributed by atoms with Crippen LogP contribution >= 0.6 is 0 Å². The van der Waals surface area contributed by atoms with E-state index in [4.69, 9.17) is 14.2 Å². The number of ether oxygens (including phenoxy) is 3. The number of methoxy groups -OCH3 is 1. The van der Waals surface area contributed by atoms with E-state index in [1.807, 2.05) is 51.1 Å². The Morgan fingerprint density at radius 2 is 1.49 bits per heavy atom. The van der Waals surface area contributed by atoms with Gasteiger partial charge in [0.15, 0.2) is 23.1 Å². The smallest absolute Gasteiger partial charge is 0.263 e. The second kappa shape index (κ2) is 16.9. The van der Waals surface area contributed by atoms with Crippen molar-refractivity contribution in [1.29, 1.82) is 0 Å². The summed E-state index contributed by atoms with van der Waals surface area (Å²) in [6.07, 6.45) is 5.16. The lowest BCUT2D eigenvalue weighted by Gasteiger charge is -2.20. The average Bonchev–Trinajstić information content (AvgIpc) is 3.13. The number of nitrogens with one attached hydrogen (secondary N) is 2. The number of carbonyl (C=O) groups excluding carboxylic acids is 1. The van der Waals surface area contributed by atoms with Gasteiger partial charge in [0.1, 0.15) is 0 Å². The Hall–Kier alpha value is -5.56. The SMILES string of the molecule is COc1ccccc1Oc1c(NS(=O)(=O)c2ccc(C(C)(C)C)cc2)nc(-c2ncccn2)nc1OCCCCC(=O)NCCc1ccccc1. The summed E-state index contributed by atoms with van der Waals surface area (Å²) < 4.78 is 48.1. The number of hydrogen-bond acceptors (Lipinski definition) is 10. The molecule has 0 unspecified atom stereocenters. The molecular formula is C38H42N6O6S. The number of hydrogen-bond donors (Lipinski definition) is 2. The summed E-state index contributed by atoms with van der Waals surface area (Å²) in [7, 11) is -2.68. The highest BCUT2D eigenvalue weighted by molar-refractivity contribution is 7.92. The standard InChI is InChI=1S/C38H42N6O6S/c1-38(2,3)28-18-20-29(21-19-28)51(46,47)44-34-33(50-31-16-9-8-15-30(31)48-4)37(43-36(42-34)35-40-23-12-24-41-35)49-26-11-10-17-32(45)39-25-22-27-13-6-5-7-14-27/h5-9,12-16,18-21,23-24H,10-11,17,22,25-26H2,1-4H3,(H,39,45)(H,42,43,44). The van der Waals surface area contributed by atoms with Crippen LogP contribution in [0.2, 0.25) is 0 Å². The van der Waals surface area contributed by atoms with Crippen molar-refractivity contribution in [2.24, 2.45) is 0 Å². The first-order valence-corrected chi connectivity index (χ1v) is 18.1. The van der Waals surface area contributed by atoms with Crippen molar-refractivity contribution in [1.82, 2.24) is 25.3 Å². The fourth-order valence-corrected chi connectivity index (χ4v) is 5.98. The maximum absolute atomic E-state index is 13.8. The van der Waals surface area contributed by atoms with Crippen molar-refractivity contribution in [3.05, 3.63) is 108 Å². The Bertz CT molecular complexity index is 2010. The zero-order valence-electron chi connectivity index (χ0n) is 29.1. The zero-order valence-corrected chi connectivity index (χ0v) is 29.9. The molecule has 5 aromatic rings. The third kappa shape index (κ3) is 10.2. The summed E-state index contributed by atoms with van der Waals surface area (Å²) in [5.41, 5.74) is 1.97. The predicted octanol–water partition coefficient (Wildman–Crippen LogP) is 6.74. The molecule has 51 heavy (non-hydrogen) atoms. The molecule has 0 saturated carbocycles. The molecule has 0 aliphatic heterocycles. The van der Waals surface area contributed by atoms with Crippen LogP contribution in [-0.4, -0.2) is 54.5 Å². The molecule has 2 N–H and O–H groups in total. The van der Waals surface area contributed by atoms with E-state index < -0.39 is 10.0 Å². The molecule has 1 amide bonds. The van der Waals surface area contributed by atoms with Gasteiger partial charge in [0.05, 0.1) is 18.6 Å². The van der Waals surface area contributed by atoms with Crippen molar-refractivity contribution in [3.63, 3.8) is 0 Å². The second-order valence-corrected chi connectivity index (χ2v) is 14.3. The molecule has 3 aromatic carbocycles. The molecule has 0 atom stereocenters. The van der Waals surface area contributed by atoms with Gasteiger partial charge in [0, 0.05) is 25.4 Å². The Morgan fingerprint density at radius 3 is 2.18 bits per heavy atom. The summed E-state index contributed by atoms with van der Waals surface area (Å²) in [6.45, 7) is 6.84. The number of sulfonamides is 1. The molecule has 266 valence electrons. The third-order valence-corrected chi connectivity index (χ3v) is 9.11. The van der Waals surface area contributed by atoms with Crippen LogP contribution in [-0.2, 0) is 26.7 Å². The van der Waals surface area contributed by atoms with E-state index in [2.05, 4.69) is 30.0 Å². The van der Waals surface area contributed by atoms with Gasteiger partial charge in [-0.15, -0.1) is 0 Å². The van der Waals surface area contributed by atoms with Crippen molar-refractivity contribution in [2.45, 2.75) is 56.8 Å². The lowest BCUT2D eigenvalue weighted by Crippen LogP contribution is -2.25. The fourth-order valence-electron chi connectivity index (χ4n) is 4.97. The minimum atomic E-state index is -4.18. The van der Waals surface area contributed by atoms with Crippen molar-refractivity contribution in [3.8, 4) is 34.8 Å². The number of aromatic nitrogens is 4. The average molecular weight is 711 g/mol. The van der Waals surface area contributed by atoms with Crippen LogP contribution in [0.25, 0.3) is 11.6 Å². The Labute approximate surface area is 298 Å². The minimum Gasteiger partial charge on any atom is -0.493 e. The minimum absolute atomic E-state index is 0.0107. The van der Waals surface area contributed by atoms with Gasteiger partial charge >= 0.3 is 0 Å². The Kier molecular flexibility index (Phi) is 12.2. The van der Waals surface area contributed by atoms with Crippen LogP contribution in [0, 0.1) is 0 Å². The predicted molar refractivity (Wildman–Crippen MR) is 195 cm³/mol. The molecule has 0 aliphatic carbocycles. The highest BCUT2D eigenvalue weighted by Crippen LogP contribution is 2.41. The van der Waals surface area contributed by atoms with Gasteiger partial charge in [-0.25, -0.2) is 23.4 Å². The van der Waals surface area contributed by atoms with Gasteiger partial charge in [-0.2, -0.15) is 4.98 Å². The van der Waals surface area contributed by atoms with Crippen LogP contribution < -0.4 is 24.2 Å². The number of unbranched alkanes of at least 4 members (excludes halogenated alkanes) is 1. The summed E-state index contributed by atoms with van der Waals surface area (Å²) in [5, 5.41) is 2.95. The molecule has 0 aliphatic rings. The topological polar surface area (TPSA) is 155 Å². The lowest BCUT2D eigenvalue weighted by molar-refractivity contribution is -0.121. The van der Waals surface area contributed by atoms with Crippen LogP contribution in [0.5, 0.6) is 23.1 Å². The number of anilines is 1. The normalized spacial score (nSPS) is 11.5. The quantitative estimate of drug-likeness (QED) is 0.105. The highest BCUT2D eigenvalue weighted by Gasteiger charge is 2.26. The summed E-state index contributed by atoms with van der Waals surface area (Å²) in [4.78, 5) is 30.1. The zero-order chi connectivity index (χ0) is 36.3. The summed E-state index contributed by atoms with van der Waals surface area (Å²) in [5.74, 6) is 0.446. The first-order valence-electron chi connectivity index (χ1n) is 16.6. The van der Waals surface area contributed by atoms with Gasteiger partial charge in [-0.1, -0.05) is 75.4 Å². The van der Waals surface area contributed by atoms with Crippen molar-refractivity contribution in [2.75, 3.05) is 25.0 Å².